The van der Waals surface area contributed by atoms with E-state index in [1.54, 1.807) is 34.6 Å². The summed E-state index contributed by atoms with van der Waals surface area (Å²) >= 11 is 0. The standard InChI is InChI=1S/C43H73NO14/c1-16-31-43(12,49)38-25(5)33(46)23(3)18-42(11,52-21-22(2)20-51-38)37(58-40-35(55-29(9)45)30(44(13)14)17-24(4)53-40)26(6)34(27(7)39(48)56-31)57-32-19-41(10,50-15)36(47)28(8)54-32/h23-28,30-32,34-38,40,47,49H,2,16-21H2,1,3-15H3/t23-,24-,25+,26+,27-,28+,30+,31?,32-,34+,35-,36+,37-,38-,40+,41-,42-,43-/m1/s1. The summed E-state index contributed by atoms with van der Waals surface area (Å²) < 4.78 is 57.9. The summed E-state index contributed by atoms with van der Waals surface area (Å²) in [7, 11) is 5.31. The number of hydrogen-bond donors (Lipinski definition) is 2. The van der Waals surface area contributed by atoms with Crippen molar-refractivity contribution >= 4 is 17.7 Å². The Hall–Kier alpha value is -2.05. The lowest BCUT2D eigenvalue weighted by atomic mass is 9.73. The van der Waals surface area contributed by atoms with Crippen LogP contribution in [-0.4, -0.2) is 152 Å². The zero-order chi connectivity index (χ0) is 43.7. The van der Waals surface area contributed by atoms with Gasteiger partial charge in [-0.05, 0) is 80.5 Å². The first-order valence-corrected chi connectivity index (χ1v) is 21.0. The van der Waals surface area contributed by atoms with Gasteiger partial charge in [-0.25, -0.2) is 0 Å². The molecule has 15 heteroatoms. The van der Waals surface area contributed by atoms with E-state index in [1.807, 2.05) is 46.7 Å². The van der Waals surface area contributed by atoms with Crippen molar-refractivity contribution in [2.45, 2.75) is 186 Å². The summed E-state index contributed by atoms with van der Waals surface area (Å²) in [6, 6.07) is -0.280. The van der Waals surface area contributed by atoms with Crippen LogP contribution < -0.4 is 0 Å². The largest absolute Gasteiger partial charge is 0.459 e. The minimum absolute atomic E-state index is 0.00387. The highest BCUT2D eigenvalue weighted by molar-refractivity contribution is 5.83. The Morgan fingerprint density at radius 1 is 0.966 bits per heavy atom. The third kappa shape index (κ3) is 10.5. The average molecular weight is 828 g/mol. The second kappa shape index (κ2) is 19.3. The Balaban J connectivity index is 1.97. The van der Waals surface area contributed by atoms with E-state index in [0.717, 1.165) is 0 Å². The highest BCUT2D eigenvalue weighted by atomic mass is 16.7. The SMILES string of the molecule is C=C1CO[C@@H]2[C@@H](C)C(=O)[C@H](C)C[C@@](C)(OC1)[C@H](O[C@@H]1O[C@H](C)C[C@H](N(C)C)[C@H]1OC(C)=O)[C@@H](C)[C@H](O[C@@H]1C[C@@](C)(OC)[C@@H](O)[C@H](C)O1)[C@@H](C)C(=O)OC(CC)[C@@]2(C)O. The van der Waals surface area contributed by atoms with Crippen LogP contribution in [0.1, 0.15) is 102 Å². The van der Waals surface area contributed by atoms with Gasteiger partial charge in [-0.1, -0.05) is 34.3 Å². The number of carbonyl (C=O) groups excluding carboxylic acids is 3. The molecule has 4 aliphatic heterocycles. The molecule has 58 heavy (non-hydrogen) atoms. The van der Waals surface area contributed by atoms with Crippen LogP contribution in [0.2, 0.25) is 0 Å². The molecule has 0 aromatic rings. The average Bonchev–Trinajstić information content (AvgIpc) is 3.16. The minimum Gasteiger partial charge on any atom is -0.459 e. The molecule has 1 unspecified atom stereocenters. The smallest absolute Gasteiger partial charge is 0.311 e. The molecule has 4 fully saturated rings. The normalized spacial score (nSPS) is 46.4. The van der Waals surface area contributed by atoms with Gasteiger partial charge in [0.25, 0.3) is 0 Å². The maximum atomic E-state index is 14.5. The third-order valence-electron chi connectivity index (χ3n) is 13.1. The van der Waals surface area contributed by atoms with Gasteiger partial charge >= 0.3 is 11.9 Å². The number of Topliss-reactive ketones (excluding diaryl/α,β-unsaturated/α-hetero) is 1. The summed E-state index contributed by atoms with van der Waals surface area (Å²) in [6.45, 7) is 23.2. The topological polar surface area (TPSA) is 178 Å². The van der Waals surface area contributed by atoms with Crippen molar-refractivity contribution in [1.82, 2.24) is 4.90 Å². The van der Waals surface area contributed by atoms with Gasteiger partial charge < -0.3 is 57.7 Å². The number of fused-ring (bicyclic) bond motifs is 5. The van der Waals surface area contributed by atoms with Gasteiger partial charge in [0.05, 0.1) is 66.9 Å². The van der Waals surface area contributed by atoms with Crippen LogP contribution in [0.5, 0.6) is 0 Å². The fourth-order valence-electron chi connectivity index (χ4n) is 9.64. The fraction of sp³-hybridized carbons (Fsp3) is 0.884. The molecule has 0 spiro atoms. The van der Waals surface area contributed by atoms with Crippen molar-refractivity contribution in [1.29, 1.82) is 0 Å². The number of aliphatic hydroxyl groups is 2. The summed E-state index contributed by atoms with van der Waals surface area (Å²) in [6.07, 6.45) is -8.03. The van der Waals surface area contributed by atoms with Gasteiger partial charge in [0.1, 0.15) is 23.6 Å². The molecule has 4 heterocycles. The van der Waals surface area contributed by atoms with Gasteiger partial charge in [-0.3, -0.25) is 14.4 Å². The Kier molecular flexibility index (Phi) is 16.2. The number of nitrogens with zero attached hydrogens (tertiary/aromatic N) is 1. The first kappa shape index (κ1) is 48.6. The Labute approximate surface area is 345 Å². The number of aliphatic hydroxyl groups excluding tert-OH is 1. The molecule has 2 N–H and O–H groups in total. The van der Waals surface area contributed by atoms with Crippen LogP contribution >= 0.6 is 0 Å². The van der Waals surface area contributed by atoms with E-state index in [9.17, 15) is 24.6 Å². The fourth-order valence-corrected chi connectivity index (χ4v) is 9.64. The predicted octanol–water partition coefficient (Wildman–Crippen LogP) is 3.97. The van der Waals surface area contributed by atoms with E-state index in [1.165, 1.54) is 21.0 Å². The number of cyclic esters (lactones) is 1. The van der Waals surface area contributed by atoms with Crippen molar-refractivity contribution in [2.24, 2.45) is 23.7 Å². The molecule has 0 saturated carbocycles. The van der Waals surface area contributed by atoms with Crippen molar-refractivity contribution < 1.29 is 67.2 Å². The zero-order valence-corrected chi connectivity index (χ0v) is 37.4. The first-order chi connectivity index (χ1) is 26.9. The maximum absolute atomic E-state index is 14.5. The second-order valence-electron chi connectivity index (χ2n) is 18.3. The molecule has 4 saturated heterocycles. The number of ketones is 1. The Morgan fingerprint density at radius 3 is 2.21 bits per heavy atom. The van der Waals surface area contributed by atoms with Gasteiger partial charge in [0.2, 0.25) is 0 Å². The molecule has 4 rings (SSSR count). The Bertz CT molecular complexity index is 1440. The minimum atomic E-state index is -1.79. The van der Waals surface area contributed by atoms with Crippen LogP contribution in [0.3, 0.4) is 0 Å². The lowest BCUT2D eigenvalue weighted by Crippen LogP contribution is -2.62. The molecular weight excluding hydrogens is 754 g/mol. The van der Waals surface area contributed by atoms with Gasteiger partial charge in [-0.15, -0.1) is 0 Å². The molecule has 0 aliphatic carbocycles. The number of carbonyl (C=O) groups is 3. The van der Waals surface area contributed by atoms with Crippen molar-refractivity contribution in [2.75, 3.05) is 34.4 Å². The molecule has 4 aliphatic rings. The van der Waals surface area contributed by atoms with E-state index in [-0.39, 0.29) is 50.4 Å². The molecule has 334 valence electrons. The Morgan fingerprint density at radius 2 is 1.62 bits per heavy atom. The molecule has 15 nitrogen and oxygen atoms in total. The second-order valence-corrected chi connectivity index (χ2v) is 18.3. The molecule has 0 amide bonds. The van der Waals surface area contributed by atoms with E-state index in [0.29, 0.717) is 12.0 Å². The van der Waals surface area contributed by atoms with Gasteiger partial charge in [0.15, 0.2) is 18.7 Å². The molecule has 0 aromatic heterocycles. The van der Waals surface area contributed by atoms with Crippen LogP contribution in [0.25, 0.3) is 0 Å². The lowest BCUT2D eigenvalue weighted by Gasteiger charge is -2.50. The summed E-state index contributed by atoms with van der Waals surface area (Å²) in [5, 5.41) is 23.3. The highest BCUT2D eigenvalue weighted by Gasteiger charge is 2.55. The maximum Gasteiger partial charge on any atom is 0.311 e. The summed E-state index contributed by atoms with van der Waals surface area (Å²) in [5.41, 5.74) is -3.60. The molecule has 2 bridgehead atoms. The van der Waals surface area contributed by atoms with Crippen molar-refractivity contribution in [3.63, 3.8) is 0 Å². The summed E-state index contributed by atoms with van der Waals surface area (Å²) in [5.74, 6) is -4.59. The third-order valence-corrected chi connectivity index (χ3v) is 13.1. The monoisotopic (exact) mass is 828 g/mol. The van der Waals surface area contributed by atoms with Crippen LogP contribution in [0.4, 0.5) is 0 Å². The quantitative estimate of drug-likeness (QED) is 0.265. The highest BCUT2D eigenvalue weighted by Crippen LogP contribution is 2.43. The van der Waals surface area contributed by atoms with Crippen LogP contribution in [0.15, 0.2) is 12.2 Å². The molecule has 0 radical (unpaired) electrons. The molecule has 18 atom stereocenters. The lowest BCUT2D eigenvalue weighted by molar-refractivity contribution is -0.321. The van der Waals surface area contributed by atoms with Crippen molar-refractivity contribution in [3.05, 3.63) is 12.2 Å². The summed E-state index contributed by atoms with van der Waals surface area (Å²) in [4.78, 5) is 43.7. The van der Waals surface area contributed by atoms with E-state index >= 15 is 0 Å². The van der Waals surface area contributed by atoms with E-state index in [4.69, 9.17) is 42.6 Å². The van der Waals surface area contributed by atoms with Crippen LogP contribution in [-0.2, 0) is 57.0 Å². The number of ether oxygens (including phenoxy) is 9. The molecular formula is C43H73NO14. The zero-order valence-electron chi connectivity index (χ0n) is 37.4. The van der Waals surface area contributed by atoms with Crippen LogP contribution in [0, 0.1) is 23.7 Å². The first-order valence-electron chi connectivity index (χ1n) is 21.0. The van der Waals surface area contributed by atoms with E-state index < -0.39 is 108 Å². The number of likely N-dealkylation sites (N-methyl/N-ethyl adjacent to an activating group) is 1. The van der Waals surface area contributed by atoms with Crippen molar-refractivity contribution in [3.8, 4) is 0 Å². The number of rotatable bonds is 8. The van der Waals surface area contributed by atoms with Gasteiger partial charge in [-0.2, -0.15) is 0 Å². The number of methoxy groups -OCH3 is 1. The van der Waals surface area contributed by atoms with E-state index in [2.05, 4.69) is 6.58 Å². The number of hydrogen-bond acceptors (Lipinski definition) is 15. The van der Waals surface area contributed by atoms with Gasteiger partial charge in [0, 0.05) is 38.2 Å². The predicted molar refractivity (Wildman–Crippen MR) is 212 cm³/mol. The molecule has 0 aromatic carbocycles. The number of esters is 2.